The molecule has 128 valence electrons. The summed E-state index contributed by atoms with van der Waals surface area (Å²) >= 11 is 7.24. The molecule has 1 aliphatic rings. The molecule has 0 saturated carbocycles. The van der Waals surface area contributed by atoms with E-state index in [4.69, 9.17) is 4.74 Å². The number of hydrogen-bond acceptors (Lipinski definition) is 3. The summed E-state index contributed by atoms with van der Waals surface area (Å²) in [5.41, 5.74) is 0.794. The van der Waals surface area contributed by atoms with Crippen molar-refractivity contribution >= 4 is 38.0 Å². The molecule has 0 aromatic heterocycles. The van der Waals surface area contributed by atoms with Crippen LogP contribution in [-0.2, 0) is 11.3 Å². The molecule has 1 fully saturated rings. The summed E-state index contributed by atoms with van der Waals surface area (Å²) in [7, 11) is 0. The Morgan fingerprint density at radius 3 is 2.39 bits per heavy atom. The van der Waals surface area contributed by atoms with Gasteiger partial charge in [0.25, 0.3) is 0 Å². The van der Waals surface area contributed by atoms with E-state index in [2.05, 4.69) is 55.8 Å². The smallest absolute Gasteiger partial charge is 0.410 e. The average Bonchev–Trinajstić information content (AvgIpc) is 2.42. The van der Waals surface area contributed by atoms with Crippen LogP contribution in [-0.4, -0.2) is 47.2 Å². The van der Waals surface area contributed by atoms with Crippen LogP contribution in [0.5, 0.6) is 0 Å². The molecule has 4 nitrogen and oxygen atoms in total. The van der Waals surface area contributed by atoms with Gasteiger partial charge < -0.3 is 9.64 Å². The maximum atomic E-state index is 12.2. The standard InChI is InChI=1S/C17H24Br2N2O2/c1-12-10-21(16(22)23-17(2,3)4)9-8-20(12)11-13-14(18)6-5-7-15(13)19/h5-7,12H,8-11H2,1-4H3/t12-/m1/s1. The molecule has 2 rings (SSSR count). The van der Waals surface area contributed by atoms with Gasteiger partial charge in [0.05, 0.1) is 0 Å². The lowest BCUT2D eigenvalue weighted by Gasteiger charge is -2.40. The highest BCUT2D eigenvalue weighted by Gasteiger charge is 2.30. The Labute approximate surface area is 155 Å². The third-order valence-electron chi connectivity index (χ3n) is 3.84. The fourth-order valence-electron chi connectivity index (χ4n) is 2.61. The van der Waals surface area contributed by atoms with Gasteiger partial charge in [-0.2, -0.15) is 0 Å². The van der Waals surface area contributed by atoms with Gasteiger partial charge in [0.2, 0.25) is 0 Å². The van der Waals surface area contributed by atoms with E-state index >= 15 is 0 Å². The summed E-state index contributed by atoms with van der Waals surface area (Å²) < 4.78 is 7.68. The maximum Gasteiger partial charge on any atom is 0.410 e. The summed E-state index contributed by atoms with van der Waals surface area (Å²) in [6.07, 6.45) is -0.217. The van der Waals surface area contributed by atoms with E-state index < -0.39 is 5.60 Å². The minimum Gasteiger partial charge on any atom is -0.444 e. The molecular weight excluding hydrogens is 424 g/mol. The molecule has 1 heterocycles. The van der Waals surface area contributed by atoms with Gasteiger partial charge in [-0.25, -0.2) is 4.79 Å². The van der Waals surface area contributed by atoms with Crippen LogP contribution < -0.4 is 0 Å². The van der Waals surface area contributed by atoms with Crippen molar-refractivity contribution in [2.75, 3.05) is 19.6 Å². The first-order valence-electron chi connectivity index (χ1n) is 7.82. The SMILES string of the molecule is C[C@@H]1CN(C(=O)OC(C)(C)C)CCN1Cc1c(Br)cccc1Br. The Balaban J connectivity index is 1.98. The molecule has 1 aromatic carbocycles. The number of hydrogen-bond donors (Lipinski definition) is 0. The van der Waals surface area contributed by atoms with Gasteiger partial charge in [0.15, 0.2) is 0 Å². The number of piperazine rings is 1. The van der Waals surface area contributed by atoms with Crippen LogP contribution >= 0.6 is 31.9 Å². The maximum absolute atomic E-state index is 12.2. The summed E-state index contributed by atoms with van der Waals surface area (Å²) in [5.74, 6) is 0. The molecule has 0 bridgehead atoms. The first-order chi connectivity index (χ1) is 10.7. The van der Waals surface area contributed by atoms with E-state index in [0.29, 0.717) is 13.1 Å². The zero-order chi connectivity index (χ0) is 17.2. The summed E-state index contributed by atoms with van der Waals surface area (Å²) in [6, 6.07) is 6.42. The van der Waals surface area contributed by atoms with Crippen LogP contribution in [0.2, 0.25) is 0 Å². The summed E-state index contributed by atoms with van der Waals surface area (Å²) in [5, 5.41) is 0. The second-order valence-electron chi connectivity index (χ2n) is 6.95. The number of amides is 1. The van der Waals surface area contributed by atoms with Crippen molar-refractivity contribution in [3.05, 3.63) is 32.7 Å². The van der Waals surface area contributed by atoms with Crippen molar-refractivity contribution in [1.82, 2.24) is 9.80 Å². The molecule has 0 radical (unpaired) electrons. The van der Waals surface area contributed by atoms with Gasteiger partial charge in [-0.1, -0.05) is 37.9 Å². The molecule has 0 spiro atoms. The quantitative estimate of drug-likeness (QED) is 0.661. The number of carbonyl (C=O) groups excluding carboxylic acids is 1. The number of benzene rings is 1. The van der Waals surface area contributed by atoms with Crippen molar-refractivity contribution in [2.45, 2.75) is 45.9 Å². The van der Waals surface area contributed by atoms with Crippen LogP contribution in [0, 0.1) is 0 Å². The minimum absolute atomic E-state index is 0.217. The van der Waals surface area contributed by atoms with Crippen LogP contribution in [0.1, 0.15) is 33.3 Å². The van der Waals surface area contributed by atoms with E-state index in [0.717, 1.165) is 22.0 Å². The molecule has 1 amide bonds. The van der Waals surface area contributed by atoms with Crippen LogP contribution in [0.15, 0.2) is 27.1 Å². The normalized spacial score (nSPS) is 19.7. The largest absolute Gasteiger partial charge is 0.444 e. The number of carbonyl (C=O) groups is 1. The zero-order valence-electron chi connectivity index (χ0n) is 14.1. The lowest BCUT2D eigenvalue weighted by Crippen LogP contribution is -2.54. The molecule has 0 aliphatic carbocycles. The Kier molecular flexibility index (Phi) is 6.14. The van der Waals surface area contributed by atoms with E-state index in [-0.39, 0.29) is 12.1 Å². The lowest BCUT2D eigenvalue weighted by molar-refractivity contribution is 0.00455. The molecule has 0 unspecified atom stereocenters. The topological polar surface area (TPSA) is 32.8 Å². The monoisotopic (exact) mass is 446 g/mol. The van der Waals surface area contributed by atoms with Crippen molar-refractivity contribution in [3.63, 3.8) is 0 Å². The number of rotatable bonds is 2. The second kappa shape index (κ2) is 7.53. The van der Waals surface area contributed by atoms with Gasteiger partial charge in [0.1, 0.15) is 5.60 Å². The van der Waals surface area contributed by atoms with Gasteiger partial charge in [-0.3, -0.25) is 4.90 Å². The fourth-order valence-corrected chi connectivity index (χ4v) is 3.86. The predicted molar refractivity (Wildman–Crippen MR) is 99.5 cm³/mol. The van der Waals surface area contributed by atoms with Crippen molar-refractivity contribution in [2.24, 2.45) is 0 Å². The number of halogens is 2. The molecule has 1 atom stereocenters. The van der Waals surface area contributed by atoms with Crippen LogP contribution in [0.4, 0.5) is 4.79 Å². The Morgan fingerprint density at radius 2 is 1.87 bits per heavy atom. The number of ether oxygens (including phenoxy) is 1. The molecule has 23 heavy (non-hydrogen) atoms. The third-order valence-corrected chi connectivity index (χ3v) is 5.33. The Morgan fingerprint density at radius 1 is 1.26 bits per heavy atom. The van der Waals surface area contributed by atoms with E-state index in [9.17, 15) is 4.79 Å². The van der Waals surface area contributed by atoms with Crippen molar-refractivity contribution < 1.29 is 9.53 Å². The zero-order valence-corrected chi connectivity index (χ0v) is 17.3. The molecular formula is C17H24Br2N2O2. The Bertz CT molecular complexity index is 552. The molecule has 1 aromatic rings. The summed E-state index contributed by atoms with van der Waals surface area (Å²) in [4.78, 5) is 16.4. The molecule has 0 N–H and O–H groups in total. The first kappa shape index (κ1) is 18.7. The van der Waals surface area contributed by atoms with E-state index in [1.54, 1.807) is 0 Å². The fraction of sp³-hybridized carbons (Fsp3) is 0.588. The van der Waals surface area contributed by atoms with Gasteiger partial charge in [0, 0.05) is 41.2 Å². The summed E-state index contributed by atoms with van der Waals surface area (Å²) in [6.45, 7) is 10.9. The van der Waals surface area contributed by atoms with Gasteiger partial charge >= 0.3 is 6.09 Å². The van der Waals surface area contributed by atoms with Gasteiger partial charge in [-0.05, 0) is 45.4 Å². The predicted octanol–water partition coefficient (Wildman–Crippen LogP) is 4.65. The highest BCUT2D eigenvalue weighted by Crippen LogP contribution is 2.28. The van der Waals surface area contributed by atoms with Crippen LogP contribution in [0.25, 0.3) is 0 Å². The highest BCUT2D eigenvalue weighted by molar-refractivity contribution is 9.11. The number of nitrogens with zero attached hydrogens (tertiary/aromatic N) is 2. The van der Waals surface area contributed by atoms with E-state index in [1.807, 2.05) is 31.7 Å². The third kappa shape index (κ3) is 5.19. The molecule has 6 heteroatoms. The highest BCUT2D eigenvalue weighted by atomic mass is 79.9. The lowest BCUT2D eigenvalue weighted by atomic mass is 10.1. The average molecular weight is 448 g/mol. The Hall–Kier alpha value is -0.590. The minimum atomic E-state index is -0.447. The van der Waals surface area contributed by atoms with Crippen LogP contribution in [0.3, 0.4) is 0 Å². The first-order valence-corrected chi connectivity index (χ1v) is 9.41. The van der Waals surface area contributed by atoms with Crippen molar-refractivity contribution in [1.29, 1.82) is 0 Å². The van der Waals surface area contributed by atoms with Gasteiger partial charge in [-0.15, -0.1) is 0 Å². The molecule has 1 aliphatic heterocycles. The molecule has 1 saturated heterocycles. The van der Waals surface area contributed by atoms with E-state index in [1.165, 1.54) is 5.56 Å². The second-order valence-corrected chi connectivity index (χ2v) is 8.65. The van der Waals surface area contributed by atoms with Crippen molar-refractivity contribution in [3.8, 4) is 0 Å².